The molecule has 0 heterocycles. The van der Waals surface area contributed by atoms with Gasteiger partial charge >= 0.3 is 0 Å². The zero-order chi connectivity index (χ0) is 21.8. The third-order valence-electron chi connectivity index (χ3n) is 4.84. The zero-order valence-electron chi connectivity index (χ0n) is 17.1. The van der Waals surface area contributed by atoms with Gasteiger partial charge in [0.05, 0.1) is 18.8 Å². The van der Waals surface area contributed by atoms with E-state index in [0.29, 0.717) is 0 Å². The number of ether oxygens (including phenoxy) is 2. The molecule has 7 nitrogen and oxygen atoms in total. The predicted octanol–water partition coefficient (Wildman–Crippen LogP) is 2.49. The standard InChI is InChI=1S/C22H28O7/c1-22(2,27)20(29-4)11-16-18(25)12-19(28-3)17(21(16)26)10-15(24)9-13-5-7-14(23)8-6-13/h5-8,12,20,23,25-27H,9-11H2,1-4H3. The van der Waals surface area contributed by atoms with Crippen LogP contribution in [0.5, 0.6) is 23.0 Å². The molecule has 158 valence electrons. The van der Waals surface area contributed by atoms with Crippen molar-refractivity contribution in [3.05, 3.63) is 47.0 Å². The highest BCUT2D eigenvalue weighted by Gasteiger charge is 2.30. The van der Waals surface area contributed by atoms with Gasteiger partial charge < -0.3 is 29.9 Å². The van der Waals surface area contributed by atoms with Crippen LogP contribution in [0.3, 0.4) is 0 Å². The van der Waals surface area contributed by atoms with Crippen LogP contribution in [0, 0.1) is 0 Å². The van der Waals surface area contributed by atoms with Gasteiger partial charge in [-0.3, -0.25) is 4.79 Å². The minimum absolute atomic E-state index is 0.0425. The largest absolute Gasteiger partial charge is 0.508 e. The van der Waals surface area contributed by atoms with Crippen LogP contribution in [-0.2, 0) is 28.8 Å². The molecule has 0 bridgehead atoms. The summed E-state index contributed by atoms with van der Waals surface area (Å²) in [4.78, 5) is 12.6. The van der Waals surface area contributed by atoms with Crippen LogP contribution in [0.25, 0.3) is 0 Å². The number of Topliss-reactive ketones (excluding diaryl/α,β-unsaturated/α-hetero) is 1. The second kappa shape index (κ2) is 9.15. The molecular weight excluding hydrogens is 376 g/mol. The third-order valence-corrected chi connectivity index (χ3v) is 4.84. The number of carbonyl (C=O) groups excluding carboxylic acids is 1. The molecule has 0 saturated heterocycles. The van der Waals surface area contributed by atoms with Gasteiger partial charge in [0.1, 0.15) is 28.8 Å². The van der Waals surface area contributed by atoms with Crippen LogP contribution < -0.4 is 4.74 Å². The highest BCUT2D eigenvalue weighted by atomic mass is 16.5. The van der Waals surface area contributed by atoms with Crippen LogP contribution in [0.1, 0.15) is 30.5 Å². The summed E-state index contributed by atoms with van der Waals surface area (Å²) in [6.07, 6.45) is -0.638. The molecule has 7 heteroatoms. The fourth-order valence-corrected chi connectivity index (χ4v) is 3.18. The number of phenolic OH excluding ortho intramolecular Hbond substituents is 3. The van der Waals surface area contributed by atoms with E-state index in [1.165, 1.54) is 32.4 Å². The lowest BCUT2D eigenvalue weighted by Gasteiger charge is -2.29. The van der Waals surface area contributed by atoms with E-state index in [4.69, 9.17) is 9.47 Å². The summed E-state index contributed by atoms with van der Waals surface area (Å²) in [5.41, 5.74) is -0.0452. The van der Waals surface area contributed by atoms with Crippen molar-refractivity contribution in [2.24, 2.45) is 0 Å². The van der Waals surface area contributed by atoms with E-state index < -0.39 is 11.7 Å². The van der Waals surface area contributed by atoms with Gasteiger partial charge in [-0.15, -0.1) is 0 Å². The molecule has 1 atom stereocenters. The maximum Gasteiger partial charge on any atom is 0.141 e. The number of aliphatic hydroxyl groups is 1. The van der Waals surface area contributed by atoms with E-state index in [1.807, 2.05) is 0 Å². The number of hydrogen-bond donors (Lipinski definition) is 4. The number of aromatic hydroxyl groups is 3. The van der Waals surface area contributed by atoms with E-state index in [9.17, 15) is 25.2 Å². The molecule has 0 saturated carbocycles. The highest BCUT2D eigenvalue weighted by Crippen LogP contribution is 2.40. The molecule has 0 aliphatic carbocycles. The molecule has 0 spiro atoms. The number of phenols is 3. The Labute approximate surface area is 170 Å². The van der Waals surface area contributed by atoms with Gasteiger partial charge in [-0.25, -0.2) is 0 Å². The van der Waals surface area contributed by atoms with Crippen LogP contribution in [0.15, 0.2) is 30.3 Å². The molecule has 0 radical (unpaired) electrons. The Hall–Kier alpha value is -2.77. The normalized spacial score (nSPS) is 12.6. The monoisotopic (exact) mass is 404 g/mol. The van der Waals surface area contributed by atoms with Crippen LogP contribution in [-0.4, -0.2) is 52.1 Å². The topological polar surface area (TPSA) is 116 Å². The number of ketones is 1. The maximum atomic E-state index is 12.6. The van der Waals surface area contributed by atoms with Crippen molar-refractivity contribution in [1.29, 1.82) is 0 Å². The summed E-state index contributed by atoms with van der Waals surface area (Å²) < 4.78 is 10.5. The Balaban J connectivity index is 2.32. The zero-order valence-corrected chi connectivity index (χ0v) is 17.1. The first-order chi connectivity index (χ1) is 13.6. The average Bonchev–Trinajstić information content (AvgIpc) is 2.64. The summed E-state index contributed by atoms with van der Waals surface area (Å²) in [5.74, 6) is -0.331. The summed E-state index contributed by atoms with van der Waals surface area (Å²) in [6.45, 7) is 3.14. The lowest BCUT2D eigenvalue weighted by Crippen LogP contribution is -2.39. The van der Waals surface area contributed by atoms with E-state index in [0.717, 1.165) is 5.56 Å². The highest BCUT2D eigenvalue weighted by molar-refractivity contribution is 5.85. The fraction of sp³-hybridized carbons (Fsp3) is 0.409. The van der Waals surface area contributed by atoms with Gasteiger partial charge in [0, 0.05) is 43.6 Å². The van der Waals surface area contributed by atoms with E-state index in [2.05, 4.69) is 0 Å². The Morgan fingerprint density at radius 1 is 1.03 bits per heavy atom. The van der Waals surface area contributed by atoms with E-state index in [1.54, 1.807) is 26.0 Å². The van der Waals surface area contributed by atoms with Crippen LogP contribution in [0.4, 0.5) is 0 Å². The second-order valence-electron chi connectivity index (χ2n) is 7.54. The molecule has 0 amide bonds. The molecule has 0 aliphatic heterocycles. The van der Waals surface area contributed by atoms with Crippen molar-refractivity contribution in [3.63, 3.8) is 0 Å². The van der Waals surface area contributed by atoms with Crippen molar-refractivity contribution in [1.82, 2.24) is 0 Å². The summed E-state index contributed by atoms with van der Waals surface area (Å²) in [7, 11) is 2.82. The molecule has 29 heavy (non-hydrogen) atoms. The molecule has 0 aliphatic rings. The third kappa shape index (κ3) is 5.62. The SMILES string of the molecule is COc1cc(O)c(CC(OC)C(C)(C)O)c(O)c1CC(=O)Cc1ccc(O)cc1. The lowest BCUT2D eigenvalue weighted by atomic mass is 9.91. The molecule has 0 fully saturated rings. The fourth-order valence-electron chi connectivity index (χ4n) is 3.18. The molecule has 2 aromatic rings. The Morgan fingerprint density at radius 2 is 1.66 bits per heavy atom. The quantitative estimate of drug-likeness (QED) is 0.507. The molecule has 2 aromatic carbocycles. The second-order valence-corrected chi connectivity index (χ2v) is 7.54. The number of methoxy groups -OCH3 is 2. The van der Waals surface area contributed by atoms with Crippen molar-refractivity contribution >= 4 is 5.78 Å². The average molecular weight is 404 g/mol. The first-order valence-corrected chi connectivity index (χ1v) is 9.22. The predicted molar refractivity (Wildman–Crippen MR) is 108 cm³/mol. The number of carbonyl (C=O) groups is 1. The smallest absolute Gasteiger partial charge is 0.141 e. The van der Waals surface area contributed by atoms with Crippen LogP contribution in [0.2, 0.25) is 0 Å². The minimum atomic E-state index is -1.21. The van der Waals surface area contributed by atoms with Gasteiger partial charge in [0.25, 0.3) is 0 Å². The first kappa shape index (κ1) is 22.5. The molecule has 0 aromatic heterocycles. The summed E-state index contributed by atoms with van der Waals surface area (Å²) in [5, 5.41) is 40.7. The molecule has 2 rings (SSSR count). The van der Waals surface area contributed by atoms with Crippen LogP contribution >= 0.6 is 0 Å². The number of hydrogen-bond acceptors (Lipinski definition) is 7. The molecule has 1 unspecified atom stereocenters. The van der Waals surface area contributed by atoms with Gasteiger partial charge in [-0.1, -0.05) is 12.1 Å². The Kier molecular flexibility index (Phi) is 7.11. The van der Waals surface area contributed by atoms with Gasteiger partial charge in [0.15, 0.2) is 0 Å². The van der Waals surface area contributed by atoms with Gasteiger partial charge in [-0.2, -0.15) is 0 Å². The van der Waals surface area contributed by atoms with E-state index >= 15 is 0 Å². The maximum absolute atomic E-state index is 12.6. The molecular formula is C22H28O7. The minimum Gasteiger partial charge on any atom is -0.508 e. The van der Waals surface area contributed by atoms with Crippen molar-refractivity contribution in [2.45, 2.75) is 44.8 Å². The van der Waals surface area contributed by atoms with Crippen molar-refractivity contribution in [3.8, 4) is 23.0 Å². The van der Waals surface area contributed by atoms with Crippen molar-refractivity contribution < 1.29 is 34.7 Å². The number of benzene rings is 2. The Bertz CT molecular complexity index is 851. The first-order valence-electron chi connectivity index (χ1n) is 9.22. The van der Waals surface area contributed by atoms with Gasteiger partial charge in [0.2, 0.25) is 0 Å². The molecule has 4 N–H and O–H groups in total. The lowest BCUT2D eigenvalue weighted by molar-refractivity contribution is -0.117. The van der Waals surface area contributed by atoms with Gasteiger partial charge in [-0.05, 0) is 31.5 Å². The summed E-state index contributed by atoms with van der Waals surface area (Å²) in [6, 6.07) is 7.65. The summed E-state index contributed by atoms with van der Waals surface area (Å²) >= 11 is 0. The number of rotatable bonds is 9. The van der Waals surface area contributed by atoms with Crippen molar-refractivity contribution in [2.75, 3.05) is 14.2 Å². The Morgan fingerprint density at radius 3 is 2.17 bits per heavy atom. The van der Waals surface area contributed by atoms with E-state index in [-0.39, 0.29) is 59.2 Å².